The van der Waals surface area contributed by atoms with E-state index < -0.39 is 0 Å². The van der Waals surface area contributed by atoms with Gasteiger partial charge < -0.3 is 0 Å². The van der Waals surface area contributed by atoms with Gasteiger partial charge in [-0.05, 0) is 24.5 Å². The average Bonchev–Trinajstić information content (AvgIpc) is 2.06. The van der Waals surface area contributed by atoms with Gasteiger partial charge in [0.25, 0.3) is 0 Å². The fourth-order valence-corrected chi connectivity index (χ4v) is 1.39. The Bertz CT molecular complexity index is 246. The minimum absolute atomic E-state index is 0.440. The minimum atomic E-state index is 0.440. The van der Waals surface area contributed by atoms with Gasteiger partial charge >= 0.3 is 0 Å². The van der Waals surface area contributed by atoms with Crippen molar-refractivity contribution < 1.29 is 0 Å². The Hall–Kier alpha value is -0.560. The van der Waals surface area contributed by atoms with E-state index in [1.54, 1.807) is 0 Å². The van der Waals surface area contributed by atoms with Crippen LogP contribution >= 0.6 is 15.9 Å². The van der Waals surface area contributed by atoms with Crippen LogP contribution in [0.2, 0.25) is 0 Å². The second-order valence-corrected chi connectivity index (χ2v) is 4.22. The molecule has 1 heteroatoms. The molecule has 0 amide bonds. The summed E-state index contributed by atoms with van der Waals surface area (Å²) in [6.07, 6.45) is 2.88. The quantitative estimate of drug-likeness (QED) is 0.541. The van der Waals surface area contributed by atoms with Gasteiger partial charge in [0.05, 0.1) is 0 Å². The van der Waals surface area contributed by atoms with Crippen molar-refractivity contribution in [2.75, 3.05) is 0 Å². The summed E-state index contributed by atoms with van der Waals surface area (Å²) in [7, 11) is 0. The molecular formula is C11H13Br. The average molecular weight is 225 g/mol. The molecule has 0 aliphatic heterocycles. The van der Waals surface area contributed by atoms with E-state index in [1.807, 2.05) is 6.08 Å². The lowest BCUT2D eigenvalue weighted by molar-refractivity contribution is 1.11. The molecule has 0 nitrogen and oxygen atoms in total. The lowest BCUT2D eigenvalue weighted by Gasteiger charge is -2.03. The molecule has 0 N–H and O–H groups in total. The highest BCUT2D eigenvalue weighted by molar-refractivity contribution is 9.09. The molecule has 1 rings (SSSR count). The second kappa shape index (κ2) is 4.46. The summed E-state index contributed by atoms with van der Waals surface area (Å²) in [5.74, 6) is 0. The van der Waals surface area contributed by atoms with E-state index in [-0.39, 0.29) is 0 Å². The molecule has 1 atom stereocenters. The van der Waals surface area contributed by atoms with Crippen LogP contribution in [0.1, 0.15) is 22.9 Å². The first-order chi connectivity index (χ1) is 5.74. The number of alkyl halides is 1. The van der Waals surface area contributed by atoms with E-state index in [0.29, 0.717) is 4.83 Å². The fraction of sp³-hybridized carbons (Fsp3) is 0.273. The zero-order valence-electron chi connectivity index (χ0n) is 7.26. The third-order valence-electron chi connectivity index (χ3n) is 1.82. The Labute approximate surface area is 82.4 Å². The number of halogens is 1. The van der Waals surface area contributed by atoms with Crippen molar-refractivity contribution in [2.45, 2.75) is 18.2 Å². The molecule has 0 heterocycles. The van der Waals surface area contributed by atoms with Crippen LogP contribution < -0.4 is 0 Å². The molecule has 0 aromatic heterocycles. The molecule has 0 radical (unpaired) electrons. The minimum Gasteiger partial charge on any atom is -0.103 e. The van der Waals surface area contributed by atoms with Crippen LogP contribution in [-0.4, -0.2) is 0 Å². The lowest BCUT2D eigenvalue weighted by Crippen LogP contribution is -1.85. The fourth-order valence-electron chi connectivity index (χ4n) is 1.09. The summed E-state index contributed by atoms with van der Waals surface area (Å²) in [6, 6.07) is 8.60. The van der Waals surface area contributed by atoms with Crippen LogP contribution in [0.4, 0.5) is 0 Å². The Morgan fingerprint density at radius 3 is 2.42 bits per heavy atom. The van der Waals surface area contributed by atoms with Crippen molar-refractivity contribution in [1.82, 2.24) is 0 Å². The van der Waals surface area contributed by atoms with E-state index in [0.717, 1.165) is 6.42 Å². The van der Waals surface area contributed by atoms with Gasteiger partial charge in [0.1, 0.15) is 0 Å². The van der Waals surface area contributed by atoms with Gasteiger partial charge in [0.2, 0.25) is 0 Å². The van der Waals surface area contributed by atoms with Crippen molar-refractivity contribution in [3.05, 3.63) is 48.0 Å². The van der Waals surface area contributed by atoms with Gasteiger partial charge in [0, 0.05) is 4.83 Å². The van der Waals surface area contributed by atoms with Crippen molar-refractivity contribution in [2.24, 2.45) is 0 Å². The molecule has 1 aromatic carbocycles. The third-order valence-corrected chi connectivity index (χ3v) is 2.35. The maximum absolute atomic E-state index is 3.70. The number of rotatable bonds is 3. The maximum Gasteiger partial charge on any atom is 0.0367 e. The molecule has 1 unspecified atom stereocenters. The van der Waals surface area contributed by atoms with E-state index in [1.165, 1.54) is 11.1 Å². The normalized spacial score (nSPS) is 12.5. The molecule has 12 heavy (non-hydrogen) atoms. The number of benzene rings is 1. The summed E-state index contributed by atoms with van der Waals surface area (Å²) < 4.78 is 0. The van der Waals surface area contributed by atoms with Crippen LogP contribution in [0.25, 0.3) is 0 Å². The molecule has 0 saturated carbocycles. The first kappa shape index (κ1) is 9.53. The van der Waals surface area contributed by atoms with Crippen molar-refractivity contribution in [1.29, 1.82) is 0 Å². The summed E-state index contributed by atoms with van der Waals surface area (Å²) >= 11 is 3.53. The highest BCUT2D eigenvalue weighted by Gasteiger charge is 1.98. The van der Waals surface area contributed by atoms with Gasteiger partial charge in [-0.2, -0.15) is 0 Å². The maximum atomic E-state index is 3.70. The largest absolute Gasteiger partial charge is 0.103 e. The Balaban J connectivity index is 2.78. The Morgan fingerprint density at radius 1 is 1.42 bits per heavy atom. The molecule has 64 valence electrons. The SMILES string of the molecule is C=CCc1ccc(C(C)Br)cc1. The van der Waals surface area contributed by atoms with Crippen LogP contribution in [0.3, 0.4) is 0 Å². The third kappa shape index (κ3) is 2.49. The molecule has 0 spiro atoms. The molecule has 1 aromatic rings. The van der Waals surface area contributed by atoms with E-state index in [9.17, 15) is 0 Å². The lowest BCUT2D eigenvalue weighted by atomic mass is 10.1. The number of hydrogen-bond donors (Lipinski definition) is 0. The molecule has 0 aliphatic carbocycles. The van der Waals surface area contributed by atoms with E-state index in [2.05, 4.69) is 53.7 Å². The molecular weight excluding hydrogens is 212 g/mol. The van der Waals surface area contributed by atoms with Crippen molar-refractivity contribution in [3.8, 4) is 0 Å². The first-order valence-electron chi connectivity index (χ1n) is 4.08. The standard InChI is InChI=1S/C11H13Br/c1-3-4-10-5-7-11(8-6-10)9(2)12/h3,5-9H,1,4H2,2H3. The molecule has 0 saturated heterocycles. The van der Waals surface area contributed by atoms with Gasteiger partial charge in [-0.15, -0.1) is 6.58 Å². The smallest absolute Gasteiger partial charge is 0.0367 e. The molecule has 0 fully saturated rings. The number of hydrogen-bond acceptors (Lipinski definition) is 0. The van der Waals surface area contributed by atoms with E-state index >= 15 is 0 Å². The van der Waals surface area contributed by atoms with Crippen molar-refractivity contribution in [3.63, 3.8) is 0 Å². The van der Waals surface area contributed by atoms with Gasteiger partial charge in [-0.3, -0.25) is 0 Å². The highest BCUT2D eigenvalue weighted by Crippen LogP contribution is 2.21. The van der Waals surface area contributed by atoms with Crippen LogP contribution in [0.5, 0.6) is 0 Å². The van der Waals surface area contributed by atoms with E-state index in [4.69, 9.17) is 0 Å². The zero-order valence-corrected chi connectivity index (χ0v) is 8.84. The van der Waals surface area contributed by atoms with Gasteiger partial charge in [0.15, 0.2) is 0 Å². The summed E-state index contributed by atoms with van der Waals surface area (Å²) in [6.45, 7) is 5.83. The van der Waals surface area contributed by atoms with Crippen molar-refractivity contribution >= 4 is 15.9 Å². The van der Waals surface area contributed by atoms with Crippen LogP contribution in [0, 0.1) is 0 Å². The van der Waals surface area contributed by atoms with Gasteiger partial charge in [-0.25, -0.2) is 0 Å². The number of allylic oxidation sites excluding steroid dienone is 1. The highest BCUT2D eigenvalue weighted by atomic mass is 79.9. The summed E-state index contributed by atoms with van der Waals surface area (Å²) in [5.41, 5.74) is 2.64. The summed E-state index contributed by atoms with van der Waals surface area (Å²) in [4.78, 5) is 0.440. The predicted molar refractivity (Wildman–Crippen MR) is 57.7 cm³/mol. The molecule has 0 bridgehead atoms. The first-order valence-corrected chi connectivity index (χ1v) is 4.99. The van der Waals surface area contributed by atoms with Gasteiger partial charge in [-0.1, -0.05) is 46.3 Å². The monoisotopic (exact) mass is 224 g/mol. The topological polar surface area (TPSA) is 0 Å². The van der Waals surface area contributed by atoms with Crippen LogP contribution in [-0.2, 0) is 6.42 Å². The Morgan fingerprint density at radius 2 is 2.00 bits per heavy atom. The predicted octanol–water partition coefficient (Wildman–Crippen LogP) is 3.87. The second-order valence-electron chi connectivity index (χ2n) is 2.85. The summed E-state index contributed by atoms with van der Waals surface area (Å²) in [5, 5.41) is 0. The molecule has 0 aliphatic rings. The Kier molecular flexibility index (Phi) is 3.54. The van der Waals surface area contributed by atoms with Crippen LogP contribution in [0.15, 0.2) is 36.9 Å². The zero-order chi connectivity index (χ0) is 8.97.